The van der Waals surface area contributed by atoms with Gasteiger partial charge in [0.05, 0.1) is 0 Å². The van der Waals surface area contributed by atoms with Gasteiger partial charge in [0.2, 0.25) is 5.91 Å². The summed E-state index contributed by atoms with van der Waals surface area (Å²) in [7, 11) is 0. The Balaban J connectivity index is 2.14. The van der Waals surface area contributed by atoms with Gasteiger partial charge in [-0.05, 0) is 18.4 Å². The highest BCUT2D eigenvalue weighted by molar-refractivity contribution is 7.10. The second-order valence-corrected chi connectivity index (χ2v) is 5.03. The van der Waals surface area contributed by atoms with E-state index in [1.807, 2.05) is 6.07 Å². The number of carbonyl (C=O) groups excluding carboxylic acids is 1. The lowest BCUT2D eigenvalue weighted by atomic mass is 10.1. The summed E-state index contributed by atoms with van der Waals surface area (Å²) in [5, 5.41) is 5.27. The molecule has 1 fully saturated rings. The molecule has 0 radical (unpaired) electrons. The Labute approximate surface area is 99.4 Å². The maximum atomic E-state index is 11.4. The molecular weight excluding hydrogens is 222 g/mol. The molecule has 88 valence electrons. The van der Waals surface area contributed by atoms with Crippen molar-refractivity contribution in [2.75, 3.05) is 19.6 Å². The molecule has 3 N–H and O–H groups in total. The predicted octanol–water partition coefficient (Wildman–Crippen LogP) is 0.568. The molecule has 1 aliphatic heterocycles. The number of rotatable bonds is 3. The van der Waals surface area contributed by atoms with Gasteiger partial charge in [-0.2, -0.15) is 0 Å². The van der Waals surface area contributed by atoms with Crippen LogP contribution in [0.2, 0.25) is 0 Å². The first-order valence-electron chi connectivity index (χ1n) is 5.49. The highest BCUT2D eigenvalue weighted by atomic mass is 32.1. The Hall–Kier alpha value is -0.910. The summed E-state index contributed by atoms with van der Waals surface area (Å²) >= 11 is 1.72. The zero-order chi connectivity index (χ0) is 11.5. The van der Waals surface area contributed by atoms with E-state index in [-0.39, 0.29) is 18.0 Å². The van der Waals surface area contributed by atoms with Crippen molar-refractivity contribution in [1.82, 2.24) is 10.2 Å². The highest BCUT2D eigenvalue weighted by Crippen LogP contribution is 2.26. The summed E-state index contributed by atoms with van der Waals surface area (Å²) in [6.07, 6.45) is 0. The van der Waals surface area contributed by atoms with Gasteiger partial charge in [-0.3, -0.25) is 9.69 Å². The number of amides is 1. The minimum atomic E-state index is -0.240. The van der Waals surface area contributed by atoms with Gasteiger partial charge in [0.15, 0.2) is 0 Å². The van der Waals surface area contributed by atoms with Gasteiger partial charge in [-0.1, -0.05) is 6.07 Å². The summed E-state index contributed by atoms with van der Waals surface area (Å²) in [5.41, 5.74) is 5.43. The summed E-state index contributed by atoms with van der Waals surface area (Å²) in [6.45, 7) is 4.57. The third-order valence-electron chi connectivity index (χ3n) is 3.07. The van der Waals surface area contributed by atoms with Crippen LogP contribution in [0.15, 0.2) is 17.5 Å². The van der Waals surface area contributed by atoms with Gasteiger partial charge in [-0.15, -0.1) is 11.3 Å². The van der Waals surface area contributed by atoms with Crippen LogP contribution in [0.4, 0.5) is 0 Å². The Bertz CT molecular complexity index is 352. The maximum Gasteiger partial charge on any atom is 0.236 e. The van der Waals surface area contributed by atoms with E-state index in [4.69, 9.17) is 5.73 Å². The number of thiophene rings is 1. The first kappa shape index (κ1) is 11.6. The molecule has 1 saturated heterocycles. The lowest BCUT2D eigenvalue weighted by Crippen LogP contribution is -2.57. The van der Waals surface area contributed by atoms with Crippen molar-refractivity contribution in [3.63, 3.8) is 0 Å². The van der Waals surface area contributed by atoms with Crippen LogP contribution in [0.3, 0.4) is 0 Å². The second-order valence-electron chi connectivity index (χ2n) is 4.05. The summed E-state index contributed by atoms with van der Waals surface area (Å²) in [4.78, 5) is 14.9. The molecule has 2 atom stereocenters. The molecule has 0 aliphatic carbocycles. The van der Waals surface area contributed by atoms with Crippen LogP contribution in [0, 0.1) is 0 Å². The maximum absolute atomic E-state index is 11.4. The van der Waals surface area contributed by atoms with Crippen LogP contribution in [-0.4, -0.2) is 36.5 Å². The van der Waals surface area contributed by atoms with Crippen molar-refractivity contribution in [2.24, 2.45) is 5.73 Å². The predicted molar refractivity (Wildman–Crippen MR) is 65.3 cm³/mol. The van der Waals surface area contributed by atoms with E-state index in [0.29, 0.717) is 6.54 Å². The fraction of sp³-hybridized carbons (Fsp3) is 0.545. The zero-order valence-corrected chi connectivity index (χ0v) is 10.2. The molecule has 5 heteroatoms. The van der Waals surface area contributed by atoms with Gasteiger partial charge in [0.1, 0.15) is 6.04 Å². The second kappa shape index (κ2) is 4.95. The summed E-state index contributed by atoms with van der Waals surface area (Å²) in [5.74, 6) is -0.240. The van der Waals surface area contributed by atoms with Crippen molar-refractivity contribution in [3.8, 4) is 0 Å². The molecule has 4 nitrogen and oxygen atoms in total. The minimum absolute atomic E-state index is 0.189. The fourth-order valence-electron chi connectivity index (χ4n) is 2.14. The first-order valence-corrected chi connectivity index (χ1v) is 6.37. The van der Waals surface area contributed by atoms with E-state index in [1.165, 1.54) is 4.88 Å². The molecule has 1 aromatic heterocycles. The molecular formula is C11H17N3OS. The molecule has 0 spiro atoms. The quantitative estimate of drug-likeness (QED) is 0.810. The SMILES string of the molecule is CC(c1cccs1)N1CCNCC1C(N)=O. The van der Waals surface area contributed by atoms with E-state index < -0.39 is 0 Å². The third-order valence-corrected chi connectivity index (χ3v) is 4.11. The molecule has 1 aliphatic rings. The Morgan fingerprint density at radius 3 is 3.19 bits per heavy atom. The third kappa shape index (κ3) is 2.26. The molecule has 2 heterocycles. The number of piperazine rings is 1. The molecule has 1 amide bonds. The van der Waals surface area contributed by atoms with Crippen LogP contribution >= 0.6 is 11.3 Å². The van der Waals surface area contributed by atoms with Gasteiger partial charge in [0, 0.05) is 30.6 Å². The lowest BCUT2D eigenvalue weighted by Gasteiger charge is -2.38. The van der Waals surface area contributed by atoms with Crippen LogP contribution in [-0.2, 0) is 4.79 Å². The average Bonchev–Trinajstić information content (AvgIpc) is 2.81. The molecule has 0 bridgehead atoms. The van der Waals surface area contributed by atoms with Gasteiger partial charge < -0.3 is 11.1 Å². The summed E-state index contributed by atoms with van der Waals surface area (Å²) in [6, 6.07) is 4.22. The number of nitrogens with two attached hydrogens (primary N) is 1. The normalized spacial score (nSPS) is 24.2. The molecule has 0 saturated carbocycles. The molecule has 1 aromatic rings. The Kier molecular flexibility index (Phi) is 3.58. The number of hydrogen-bond donors (Lipinski definition) is 2. The van der Waals surface area contributed by atoms with E-state index >= 15 is 0 Å². The van der Waals surface area contributed by atoms with Gasteiger partial charge >= 0.3 is 0 Å². The van der Waals surface area contributed by atoms with Crippen LogP contribution in [0.25, 0.3) is 0 Å². The average molecular weight is 239 g/mol. The van der Waals surface area contributed by atoms with Crippen LogP contribution < -0.4 is 11.1 Å². The topological polar surface area (TPSA) is 58.4 Å². The number of carbonyl (C=O) groups is 1. The van der Waals surface area contributed by atoms with Gasteiger partial charge in [-0.25, -0.2) is 0 Å². The van der Waals surface area contributed by atoms with E-state index in [2.05, 4.69) is 28.6 Å². The number of hydrogen-bond acceptors (Lipinski definition) is 4. The largest absolute Gasteiger partial charge is 0.368 e. The lowest BCUT2D eigenvalue weighted by molar-refractivity contribution is -0.124. The fourth-order valence-corrected chi connectivity index (χ4v) is 2.94. The van der Waals surface area contributed by atoms with Crippen molar-refractivity contribution >= 4 is 17.2 Å². The van der Waals surface area contributed by atoms with Crippen LogP contribution in [0.5, 0.6) is 0 Å². The molecule has 0 aromatic carbocycles. The zero-order valence-electron chi connectivity index (χ0n) is 9.35. The number of primary amides is 1. The molecule has 2 unspecified atom stereocenters. The standard InChI is InChI=1S/C11H17N3OS/c1-8(10-3-2-6-16-10)14-5-4-13-7-9(14)11(12)15/h2-3,6,8-9,13H,4-5,7H2,1H3,(H2,12,15). The van der Waals surface area contributed by atoms with E-state index in [1.54, 1.807) is 11.3 Å². The van der Waals surface area contributed by atoms with Crippen molar-refractivity contribution in [1.29, 1.82) is 0 Å². The monoisotopic (exact) mass is 239 g/mol. The van der Waals surface area contributed by atoms with Crippen molar-refractivity contribution in [3.05, 3.63) is 22.4 Å². The van der Waals surface area contributed by atoms with Crippen LogP contribution in [0.1, 0.15) is 17.8 Å². The smallest absolute Gasteiger partial charge is 0.236 e. The van der Waals surface area contributed by atoms with Crippen molar-refractivity contribution in [2.45, 2.75) is 19.0 Å². The van der Waals surface area contributed by atoms with Crippen molar-refractivity contribution < 1.29 is 4.79 Å². The number of nitrogens with zero attached hydrogens (tertiary/aromatic N) is 1. The first-order chi connectivity index (χ1) is 7.70. The molecule has 2 rings (SSSR count). The Morgan fingerprint density at radius 2 is 2.56 bits per heavy atom. The summed E-state index contributed by atoms with van der Waals surface area (Å²) < 4.78 is 0. The van der Waals surface area contributed by atoms with Gasteiger partial charge in [0.25, 0.3) is 0 Å². The Morgan fingerprint density at radius 1 is 1.75 bits per heavy atom. The minimum Gasteiger partial charge on any atom is -0.368 e. The van der Waals surface area contributed by atoms with E-state index in [0.717, 1.165) is 13.1 Å². The van der Waals surface area contributed by atoms with E-state index in [9.17, 15) is 4.79 Å². The molecule has 16 heavy (non-hydrogen) atoms. The number of nitrogens with one attached hydrogen (secondary N) is 1. The highest BCUT2D eigenvalue weighted by Gasteiger charge is 2.31.